The molecule has 0 bridgehead atoms. The molecule has 1 aliphatic heterocycles. The first-order valence-corrected chi connectivity index (χ1v) is 8.02. The Bertz CT molecular complexity index is 820. The molecular weight excluding hydrogens is 323 g/mol. The van der Waals surface area contributed by atoms with E-state index in [0.29, 0.717) is 17.9 Å². The van der Waals surface area contributed by atoms with Gasteiger partial charge in [-0.05, 0) is 37.6 Å². The number of Topliss-reactive ketones (excluding diaryl/α,β-unsaturated/α-hetero) is 1. The van der Waals surface area contributed by atoms with Crippen molar-refractivity contribution in [1.29, 1.82) is 0 Å². The Morgan fingerprint density at radius 2 is 2.04 bits per heavy atom. The second-order valence-corrected chi connectivity index (χ2v) is 6.19. The van der Waals surface area contributed by atoms with E-state index in [1.54, 1.807) is 18.2 Å². The molecule has 0 amide bonds. The van der Waals surface area contributed by atoms with Crippen LogP contribution in [0.5, 0.6) is 17.2 Å². The van der Waals surface area contributed by atoms with Gasteiger partial charge in [0.05, 0.1) is 6.42 Å². The van der Waals surface area contributed by atoms with Crippen LogP contribution in [0.2, 0.25) is 0 Å². The Morgan fingerprint density at radius 3 is 2.72 bits per heavy atom. The van der Waals surface area contributed by atoms with Crippen LogP contribution in [0.4, 0.5) is 4.39 Å². The number of ether oxygens (including phenoxy) is 2. The van der Waals surface area contributed by atoms with Gasteiger partial charge in [-0.3, -0.25) is 4.79 Å². The molecule has 2 aromatic rings. The molecule has 0 saturated carbocycles. The van der Waals surface area contributed by atoms with Crippen LogP contribution in [0, 0.1) is 5.82 Å². The molecule has 0 aliphatic carbocycles. The number of hydrogen-bond acceptors (Lipinski definition) is 4. The van der Waals surface area contributed by atoms with E-state index in [0.717, 1.165) is 5.57 Å². The highest BCUT2D eigenvalue weighted by atomic mass is 19.1. The molecule has 0 saturated heterocycles. The summed E-state index contributed by atoms with van der Waals surface area (Å²) in [6.07, 6.45) is 1.47. The maximum atomic E-state index is 13.1. The molecule has 0 spiro atoms. The predicted octanol–water partition coefficient (Wildman–Crippen LogP) is 4.58. The molecule has 1 heterocycles. The number of ketones is 1. The number of carbonyl (C=O) groups is 1. The number of phenolic OH excluding ortho intramolecular Hbond substituents is 1. The number of phenols is 1. The van der Waals surface area contributed by atoms with Gasteiger partial charge in [0.25, 0.3) is 0 Å². The van der Waals surface area contributed by atoms with E-state index in [2.05, 4.69) is 0 Å². The summed E-state index contributed by atoms with van der Waals surface area (Å²) in [6, 6.07) is 8.85. The molecule has 1 unspecified atom stereocenters. The summed E-state index contributed by atoms with van der Waals surface area (Å²) in [5, 5.41) is 10.2. The molecule has 4 nitrogen and oxygen atoms in total. The number of carbonyl (C=O) groups excluding carboxylic acids is 1. The number of rotatable bonds is 4. The summed E-state index contributed by atoms with van der Waals surface area (Å²) in [7, 11) is 0. The van der Waals surface area contributed by atoms with Crippen molar-refractivity contribution in [3.05, 3.63) is 65.0 Å². The van der Waals surface area contributed by atoms with E-state index in [9.17, 15) is 14.3 Å². The van der Waals surface area contributed by atoms with Crippen molar-refractivity contribution in [2.75, 3.05) is 6.61 Å². The Kier molecular flexibility index (Phi) is 4.74. The highest BCUT2D eigenvalue weighted by molar-refractivity contribution is 6.02. The summed E-state index contributed by atoms with van der Waals surface area (Å²) in [5.74, 6) is -0.0332. The molecular formula is C20H19FO4. The van der Waals surface area contributed by atoms with E-state index in [1.165, 1.54) is 18.2 Å². The monoisotopic (exact) mass is 342 g/mol. The largest absolute Gasteiger partial charge is 0.507 e. The first kappa shape index (κ1) is 17.0. The van der Waals surface area contributed by atoms with Crippen LogP contribution >= 0.6 is 0 Å². The van der Waals surface area contributed by atoms with Gasteiger partial charge in [0.1, 0.15) is 41.3 Å². The Balaban J connectivity index is 1.87. The molecule has 1 atom stereocenters. The molecule has 1 N–H and O–H groups in total. The van der Waals surface area contributed by atoms with Gasteiger partial charge in [-0.25, -0.2) is 4.39 Å². The molecule has 1 aliphatic rings. The molecule has 130 valence electrons. The number of halogens is 1. The number of aromatic hydroxyl groups is 1. The lowest BCUT2D eigenvalue weighted by Crippen LogP contribution is -2.20. The zero-order valence-electron chi connectivity index (χ0n) is 14.1. The van der Waals surface area contributed by atoms with Crippen LogP contribution in [0.15, 0.2) is 48.0 Å². The van der Waals surface area contributed by atoms with Crippen LogP contribution < -0.4 is 9.47 Å². The van der Waals surface area contributed by atoms with Crippen molar-refractivity contribution in [2.24, 2.45) is 0 Å². The van der Waals surface area contributed by atoms with Crippen LogP contribution in [0.1, 0.15) is 42.3 Å². The zero-order valence-corrected chi connectivity index (χ0v) is 14.1. The number of fused-ring (bicyclic) bond motifs is 1. The molecule has 3 rings (SSSR count). The standard InChI is InChI=1S/C20H19FO4/c1-12(2)7-8-24-15-9-16(22)20-17(23)11-18(25-19(20)10-15)13-3-5-14(21)6-4-13/h3-7,9-10,18,22H,8,11H2,1-2H3. The normalized spacial score (nSPS) is 16.0. The van der Waals surface area contributed by atoms with Gasteiger partial charge in [0, 0.05) is 12.1 Å². The summed E-state index contributed by atoms with van der Waals surface area (Å²) >= 11 is 0. The van der Waals surface area contributed by atoms with E-state index < -0.39 is 6.10 Å². The van der Waals surface area contributed by atoms with Crippen LogP contribution in [-0.4, -0.2) is 17.5 Å². The van der Waals surface area contributed by atoms with Gasteiger partial charge in [-0.15, -0.1) is 0 Å². The third kappa shape index (κ3) is 3.82. The molecule has 2 aromatic carbocycles. The summed E-state index contributed by atoms with van der Waals surface area (Å²) < 4.78 is 24.5. The lowest BCUT2D eigenvalue weighted by atomic mass is 9.95. The van der Waals surface area contributed by atoms with Crippen molar-refractivity contribution < 1.29 is 23.8 Å². The quantitative estimate of drug-likeness (QED) is 0.826. The molecule has 0 radical (unpaired) electrons. The van der Waals surface area contributed by atoms with Crippen LogP contribution in [-0.2, 0) is 0 Å². The van der Waals surface area contributed by atoms with Gasteiger partial charge < -0.3 is 14.6 Å². The lowest BCUT2D eigenvalue weighted by molar-refractivity contribution is 0.0844. The minimum atomic E-state index is -0.520. The van der Waals surface area contributed by atoms with Crippen molar-refractivity contribution in [3.8, 4) is 17.2 Å². The third-order valence-electron chi connectivity index (χ3n) is 3.96. The predicted molar refractivity (Wildman–Crippen MR) is 91.7 cm³/mol. The minimum absolute atomic E-state index is 0.0875. The number of allylic oxidation sites excluding steroid dienone is 1. The molecule has 25 heavy (non-hydrogen) atoms. The fourth-order valence-corrected chi connectivity index (χ4v) is 2.67. The van der Waals surface area contributed by atoms with Gasteiger partial charge in [-0.1, -0.05) is 17.7 Å². The average molecular weight is 342 g/mol. The molecule has 0 aromatic heterocycles. The van der Waals surface area contributed by atoms with Gasteiger partial charge in [-0.2, -0.15) is 0 Å². The minimum Gasteiger partial charge on any atom is -0.507 e. The van der Waals surface area contributed by atoms with Gasteiger partial charge in [0.2, 0.25) is 0 Å². The topological polar surface area (TPSA) is 55.8 Å². The Labute approximate surface area is 145 Å². The fourth-order valence-electron chi connectivity index (χ4n) is 2.67. The first-order chi connectivity index (χ1) is 11.9. The Hall–Kier alpha value is -2.82. The fraction of sp³-hybridized carbons (Fsp3) is 0.250. The van der Waals surface area contributed by atoms with Crippen molar-refractivity contribution in [3.63, 3.8) is 0 Å². The Morgan fingerprint density at radius 1 is 1.32 bits per heavy atom. The van der Waals surface area contributed by atoms with Gasteiger partial charge in [0.15, 0.2) is 5.78 Å². The van der Waals surface area contributed by atoms with Crippen LogP contribution in [0.3, 0.4) is 0 Å². The summed E-state index contributed by atoms with van der Waals surface area (Å²) in [6.45, 7) is 4.28. The zero-order chi connectivity index (χ0) is 18.0. The molecule has 0 fully saturated rings. The number of benzene rings is 2. The highest BCUT2D eigenvalue weighted by Gasteiger charge is 2.30. The molecule has 5 heteroatoms. The van der Waals surface area contributed by atoms with Crippen molar-refractivity contribution >= 4 is 5.78 Å². The van der Waals surface area contributed by atoms with Crippen molar-refractivity contribution in [2.45, 2.75) is 26.4 Å². The van der Waals surface area contributed by atoms with E-state index in [4.69, 9.17) is 9.47 Å². The van der Waals surface area contributed by atoms with E-state index >= 15 is 0 Å². The summed E-state index contributed by atoms with van der Waals surface area (Å²) in [5.41, 5.74) is 1.98. The average Bonchev–Trinajstić information content (AvgIpc) is 2.54. The smallest absolute Gasteiger partial charge is 0.174 e. The first-order valence-electron chi connectivity index (χ1n) is 8.02. The second kappa shape index (κ2) is 6.97. The SMILES string of the molecule is CC(C)=CCOc1cc(O)c2c(c1)OC(c1ccc(F)cc1)CC2=O. The van der Waals surface area contributed by atoms with Crippen LogP contribution in [0.25, 0.3) is 0 Å². The highest BCUT2D eigenvalue weighted by Crippen LogP contribution is 2.41. The summed E-state index contributed by atoms with van der Waals surface area (Å²) in [4.78, 5) is 12.4. The number of hydrogen-bond donors (Lipinski definition) is 1. The van der Waals surface area contributed by atoms with Crippen molar-refractivity contribution in [1.82, 2.24) is 0 Å². The van der Waals surface area contributed by atoms with E-state index in [-0.39, 0.29) is 35.1 Å². The second-order valence-electron chi connectivity index (χ2n) is 6.19. The van der Waals surface area contributed by atoms with E-state index in [1.807, 2.05) is 19.9 Å². The maximum absolute atomic E-state index is 13.1. The third-order valence-corrected chi connectivity index (χ3v) is 3.96. The maximum Gasteiger partial charge on any atom is 0.174 e. The van der Waals surface area contributed by atoms with Gasteiger partial charge >= 0.3 is 0 Å². The lowest BCUT2D eigenvalue weighted by Gasteiger charge is -2.26.